The molecule has 1 fully saturated rings. The molecule has 51 heavy (non-hydrogen) atoms. The molecule has 254 valence electrons. The molecule has 3 aliphatic rings. The molecule has 1 unspecified atom stereocenters. The monoisotopic (exact) mass is 682 g/mol. The van der Waals surface area contributed by atoms with Crippen LogP contribution in [0.3, 0.4) is 0 Å². The number of ether oxygens (including phenoxy) is 2. The zero-order valence-electron chi connectivity index (χ0n) is 27.1. The molecule has 0 radical (unpaired) electrons. The molecule has 2 aliphatic heterocycles. The van der Waals surface area contributed by atoms with E-state index in [1.165, 1.54) is 6.07 Å². The summed E-state index contributed by atoms with van der Waals surface area (Å²) in [5, 5.41) is 20.0. The minimum absolute atomic E-state index is 0.0417. The van der Waals surface area contributed by atoms with Crippen molar-refractivity contribution in [3.8, 4) is 39.6 Å². The largest absolute Gasteiger partial charge is 0.490 e. The molecule has 1 atom stereocenters. The van der Waals surface area contributed by atoms with E-state index in [9.17, 15) is 24.4 Å². The number of nitrogens with one attached hydrogen (secondary N) is 1. The van der Waals surface area contributed by atoms with Crippen molar-refractivity contribution in [2.24, 2.45) is 5.16 Å². The predicted octanol–water partition coefficient (Wildman–Crippen LogP) is 4.58. The van der Waals surface area contributed by atoms with Gasteiger partial charge in [0.05, 0.1) is 22.5 Å². The number of fused-ring (bicyclic) bond motifs is 2. The Labute approximate surface area is 291 Å². The van der Waals surface area contributed by atoms with E-state index in [4.69, 9.17) is 14.6 Å². The smallest absolute Gasteiger partial charge is 0.266 e. The van der Waals surface area contributed by atoms with Gasteiger partial charge in [0.2, 0.25) is 11.8 Å². The van der Waals surface area contributed by atoms with E-state index in [1.807, 2.05) is 59.4 Å². The van der Waals surface area contributed by atoms with Gasteiger partial charge < -0.3 is 14.7 Å². The predicted molar refractivity (Wildman–Crippen MR) is 183 cm³/mol. The highest BCUT2D eigenvalue weighted by Crippen LogP contribution is 2.36. The second-order valence-corrected chi connectivity index (χ2v) is 12.3. The molecule has 5 aromatic rings. The second-order valence-electron chi connectivity index (χ2n) is 12.3. The third kappa shape index (κ3) is 5.78. The van der Waals surface area contributed by atoms with Crippen LogP contribution in [-0.2, 0) is 16.0 Å². The molecule has 2 aromatic heterocycles. The van der Waals surface area contributed by atoms with Crippen LogP contribution in [-0.4, -0.2) is 73.5 Å². The second kappa shape index (κ2) is 13.0. The van der Waals surface area contributed by atoms with Gasteiger partial charge in [-0.15, -0.1) is 0 Å². The van der Waals surface area contributed by atoms with Gasteiger partial charge in [-0.3, -0.25) is 34.4 Å². The van der Waals surface area contributed by atoms with E-state index in [-0.39, 0.29) is 42.9 Å². The lowest BCUT2D eigenvalue weighted by Crippen LogP contribution is -2.54. The van der Waals surface area contributed by atoms with E-state index in [0.29, 0.717) is 17.9 Å². The third-order valence-electron chi connectivity index (χ3n) is 9.29. The first-order chi connectivity index (χ1) is 24.9. The first-order valence-corrected chi connectivity index (χ1v) is 16.4. The van der Waals surface area contributed by atoms with Gasteiger partial charge in [-0.1, -0.05) is 29.4 Å². The molecule has 3 aromatic carbocycles. The zero-order valence-corrected chi connectivity index (χ0v) is 27.1. The highest BCUT2D eigenvalue weighted by molar-refractivity contribution is 6.24. The van der Waals surface area contributed by atoms with Gasteiger partial charge in [-0.05, 0) is 78.9 Å². The average molecular weight is 683 g/mol. The van der Waals surface area contributed by atoms with Gasteiger partial charge in [0, 0.05) is 41.7 Å². The third-order valence-corrected chi connectivity index (χ3v) is 9.29. The first kappa shape index (κ1) is 31.6. The Morgan fingerprint density at radius 2 is 1.63 bits per heavy atom. The van der Waals surface area contributed by atoms with Crippen LogP contribution in [0.4, 0.5) is 0 Å². The fourth-order valence-corrected chi connectivity index (χ4v) is 6.79. The number of amides is 4. The number of aryl methyl sites for hydroxylation is 1. The van der Waals surface area contributed by atoms with E-state index in [1.54, 1.807) is 24.5 Å². The van der Waals surface area contributed by atoms with Gasteiger partial charge >= 0.3 is 0 Å². The number of piperidine rings is 1. The standard InChI is InChI=1S/C38H30N6O7/c45-33-13-12-31(36(46)40-33)44-37(47)28-2-1-3-32(34(28)38(44)48)51-19-18-50-26-8-6-25(7-9-26)43-21-29(35(41-43)22-14-16-39-17-15-22)24-4-10-27-23(20-24)5-11-30(27)42-49/h1-4,6-10,14-17,20-21,31,49H,5,11-13,18-19H2,(H,40,45,46). The number of imide groups is 2. The van der Waals surface area contributed by atoms with Gasteiger partial charge in [0.15, 0.2) is 0 Å². The van der Waals surface area contributed by atoms with Crippen molar-refractivity contribution in [1.29, 1.82) is 0 Å². The van der Waals surface area contributed by atoms with Crippen molar-refractivity contribution in [3.05, 3.63) is 114 Å². The van der Waals surface area contributed by atoms with Crippen molar-refractivity contribution in [1.82, 2.24) is 25.0 Å². The Morgan fingerprint density at radius 3 is 2.41 bits per heavy atom. The van der Waals surface area contributed by atoms with Crippen LogP contribution in [0.1, 0.15) is 51.1 Å². The molecule has 8 rings (SSSR count). The summed E-state index contributed by atoms with van der Waals surface area (Å²) in [6.45, 7) is 0.240. The van der Waals surface area contributed by atoms with Gasteiger partial charge in [0.25, 0.3) is 11.8 Å². The number of nitrogens with zero attached hydrogens (tertiary/aromatic N) is 5. The van der Waals surface area contributed by atoms with Crippen molar-refractivity contribution >= 4 is 29.3 Å². The average Bonchev–Trinajstić information content (AvgIpc) is 3.85. The molecular formula is C38H30N6O7. The van der Waals surface area contributed by atoms with Crippen LogP contribution in [0.15, 0.2) is 96.5 Å². The van der Waals surface area contributed by atoms with Crippen LogP contribution in [0.5, 0.6) is 11.5 Å². The highest BCUT2D eigenvalue weighted by atomic mass is 16.5. The number of hydrogen-bond acceptors (Lipinski definition) is 10. The maximum atomic E-state index is 13.3. The number of carbonyl (C=O) groups excluding carboxylic acids is 4. The Balaban J connectivity index is 0.950. The lowest BCUT2D eigenvalue weighted by molar-refractivity contribution is -0.136. The summed E-state index contributed by atoms with van der Waals surface area (Å²) in [5.41, 5.74) is 7.53. The number of rotatable bonds is 9. The maximum absolute atomic E-state index is 13.3. The molecular weight excluding hydrogens is 652 g/mol. The fourth-order valence-electron chi connectivity index (χ4n) is 6.79. The molecule has 4 heterocycles. The van der Waals surface area contributed by atoms with E-state index >= 15 is 0 Å². The summed E-state index contributed by atoms with van der Waals surface area (Å²) < 4.78 is 13.6. The minimum Gasteiger partial charge on any atom is -0.490 e. The molecule has 1 aliphatic carbocycles. The first-order valence-electron chi connectivity index (χ1n) is 16.4. The Hall–Kier alpha value is -6.63. The number of aromatic nitrogens is 3. The summed E-state index contributed by atoms with van der Waals surface area (Å²) in [5.74, 6) is -1.52. The lowest BCUT2D eigenvalue weighted by Gasteiger charge is -2.27. The number of oxime groups is 1. The van der Waals surface area contributed by atoms with Crippen molar-refractivity contribution in [3.63, 3.8) is 0 Å². The zero-order chi connectivity index (χ0) is 35.1. The molecule has 0 bridgehead atoms. The maximum Gasteiger partial charge on any atom is 0.266 e. The topological polar surface area (TPSA) is 165 Å². The van der Waals surface area contributed by atoms with Crippen molar-refractivity contribution < 1.29 is 33.9 Å². The van der Waals surface area contributed by atoms with E-state index in [2.05, 4.69) is 21.5 Å². The van der Waals surface area contributed by atoms with Gasteiger partial charge in [0.1, 0.15) is 36.4 Å². The molecule has 4 amide bonds. The lowest BCUT2D eigenvalue weighted by atomic mass is 9.98. The van der Waals surface area contributed by atoms with Crippen LogP contribution >= 0.6 is 0 Å². The van der Waals surface area contributed by atoms with Gasteiger partial charge in [-0.2, -0.15) is 5.10 Å². The summed E-state index contributed by atoms with van der Waals surface area (Å²) in [7, 11) is 0. The SMILES string of the molecule is O=C1CCC(N2C(=O)c3cccc(OCCOc4ccc(-n5cc(-c6ccc7c(c6)CCC7=NO)c(-c6ccncc6)n5)cc4)c3C2=O)C(=O)N1. The summed E-state index contributed by atoms with van der Waals surface area (Å²) in [6, 6.07) is 21.1. The van der Waals surface area contributed by atoms with Crippen molar-refractivity contribution in [2.45, 2.75) is 31.7 Å². The Morgan fingerprint density at radius 1 is 0.824 bits per heavy atom. The molecule has 0 spiro atoms. The summed E-state index contributed by atoms with van der Waals surface area (Å²) in [6.07, 6.45) is 7.08. The van der Waals surface area contributed by atoms with E-state index in [0.717, 1.165) is 50.5 Å². The summed E-state index contributed by atoms with van der Waals surface area (Å²) >= 11 is 0. The molecule has 1 saturated heterocycles. The molecule has 2 N–H and O–H groups in total. The molecule has 13 heteroatoms. The van der Waals surface area contributed by atoms with Crippen LogP contribution in [0.2, 0.25) is 0 Å². The van der Waals surface area contributed by atoms with E-state index < -0.39 is 29.7 Å². The Bertz CT molecular complexity index is 2250. The van der Waals surface area contributed by atoms with Crippen LogP contribution in [0, 0.1) is 0 Å². The molecule has 0 saturated carbocycles. The number of carbonyl (C=O) groups is 4. The minimum atomic E-state index is -1.06. The fraction of sp³-hybridized carbons (Fsp3) is 0.184. The number of benzene rings is 3. The highest BCUT2D eigenvalue weighted by Gasteiger charge is 2.46. The number of hydrogen-bond donors (Lipinski definition) is 2. The van der Waals surface area contributed by atoms with Crippen LogP contribution in [0.25, 0.3) is 28.1 Å². The number of pyridine rings is 1. The molecule has 13 nitrogen and oxygen atoms in total. The van der Waals surface area contributed by atoms with Crippen molar-refractivity contribution in [2.75, 3.05) is 13.2 Å². The van der Waals surface area contributed by atoms with Gasteiger partial charge in [-0.25, -0.2) is 4.68 Å². The van der Waals surface area contributed by atoms with Crippen LogP contribution < -0.4 is 14.8 Å². The summed E-state index contributed by atoms with van der Waals surface area (Å²) in [4.78, 5) is 55.5. The quantitative estimate of drug-likeness (QED) is 0.0980. The Kier molecular flexibility index (Phi) is 8.07. The normalized spacial score (nSPS) is 17.5.